The molecule has 4 nitrogen and oxygen atoms in total. The van der Waals surface area contributed by atoms with Gasteiger partial charge in [0.1, 0.15) is 5.82 Å². The van der Waals surface area contributed by atoms with Crippen molar-refractivity contribution in [1.29, 1.82) is 0 Å². The van der Waals surface area contributed by atoms with Crippen LogP contribution in [-0.4, -0.2) is 9.97 Å². The van der Waals surface area contributed by atoms with Gasteiger partial charge >= 0.3 is 0 Å². The van der Waals surface area contributed by atoms with Gasteiger partial charge in [-0.15, -0.1) is 0 Å². The number of nitrogen functional groups attached to an aromatic ring is 1. The highest BCUT2D eigenvalue weighted by molar-refractivity contribution is 6.02. The zero-order valence-corrected chi connectivity index (χ0v) is 8.51. The van der Waals surface area contributed by atoms with Crippen molar-refractivity contribution in [3.05, 3.63) is 42.6 Å². The fraction of sp³-hybridized carbons (Fsp3) is 0. The second kappa shape index (κ2) is 3.43. The van der Waals surface area contributed by atoms with E-state index in [-0.39, 0.29) is 0 Å². The summed E-state index contributed by atoms with van der Waals surface area (Å²) in [5.74, 6) is 6.00. The van der Waals surface area contributed by atoms with Gasteiger partial charge in [-0.1, -0.05) is 18.2 Å². The first-order chi connectivity index (χ1) is 7.88. The summed E-state index contributed by atoms with van der Waals surface area (Å²) in [4.78, 5) is 8.78. The molecule has 3 rings (SSSR count). The van der Waals surface area contributed by atoms with Crippen LogP contribution in [0.1, 0.15) is 0 Å². The molecule has 0 aliphatic rings. The molecule has 4 heteroatoms. The lowest BCUT2D eigenvalue weighted by Crippen LogP contribution is -2.08. The van der Waals surface area contributed by atoms with E-state index in [1.165, 1.54) is 0 Å². The van der Waals surface area contributed by atoms with Gasteiger partial charge in [0.25, 0.3) is 0 Å². The number of hydrogen-bond acceptors (Lipinski definition) is 4. The summed E-state index contributed by atoms with van der Waals surface area (Å²) in [6.07, 6.45) is 1.77. The van der Waals surface area contributed by atoms with Crippen LogP contribution in [0.5, 0.6) is 0 Å². The lowest BCUT2D eigenvalue weighted by Gasteiger charge is -2.04. The highest BCUT2D eigenvalue weighted by Gasteiger charge is 2.03. The molecular weight excluding hydrogens is 200 g/mol. The summed E-state index contributed by atoms with van der Waals surface area (Å²) in [5, 5.41) is 2.14. The Balaban J connectivity index is 2.47. The molecule has 0 saturated heterocycles. The SMILES string of the molecule is NNc1ccc2ccc3cccnc3c2n1. The molecule has 1 aromatic carbocycles. The van der Waals surface area contributed by atoms with E-state index < -0.39 is 0 Å². The number of fused-ring (bicyclic) bond motifs is 3. The molecule has 2 heterocycles. The van der Waals surface area contributed by atoms with Crippen molar-refractivity contribution >= 4 is 27.6 Å². The number of nitrogens with one attached hydrogen (secondary N) is 1. The topological polar surface area (TPSA) is 63.8 Å². The maximum Gasteiger partial charge on any atom is 0.140 e. The van der Waals surface area contributed by atoms with E-state index in [1.54, 1.807) is 6.20 Å². The zero-order valence-electron chi connectivity index (χ0n) is 8.51. The smallest absolute Gasteiger partial charge is 0.140 e. The van der Waals surface area contributed by atoms with Gasteiger partial charge in [0.2, 0.25) is 0 Å². The predicted octanol–water partition coefficient (Wildman–Crippen LogP) is 2.07. The first-order valence-corrected chi connectivity index (χ1v) is 4.99. The van der Waals surface area contributed by atoms with E-state index in [1.807, 2.05) is 36.4 Å². The first kappa shape index (κ1) is 9.06. The van der Waals surface area contributed by atoms with E-state index in [2.05, 4.69) is 15.4 Å². The highest BCUT2D eigenvalue weighted by Crippen LogP contribution is 2.22. The van der Waals surface area contributed by atoms with Crippen molar-refractivity contribution in [3.8, 4) is 0 Å². The summed E-state index contributed by atoms with van der Waals surface area (Å²) in [6, 6.07) is 11.8. The number of rotatable bonds is 1. The summed E-state index contributed by atoms with van der Waals surface area (Å²) in [7, 11) is 0. The van der Waals surface area contributed by atoms with Crippen LogP contribution < -0.4 is 11.3 Å². The van der Waals surface area contributed by atoms with Gasteiger partial charge in [-0.25, -0.2) is 10.8 Å². The van der Waals surface area contributed by atoms with Crippen molar-refractivity contribution in [1.82, 2.24) is 9.97 Å². The molecule has 0 atom stereocenters. The van der Waals surface area contributed by atoms with Crippen molar-refractivity contribution in [2.24, 2.45) is 5.84 Å². The standard InChI is InChI=1S/C12H10N4/c13-16-10-6-5-9-4-3-8-2-1-7-14-11(8)12(9)15-10/h1-7H,13H2,(H,15,16). The number of hydrazine groups is 1. The molecule has 3 N–H and O–H groups in total. The number of anilines is 1. The lowest BCUT2D eigenvalue weighted by atomic mass is 10.1. The third-order valence-corrected chi connectivity index (χ3v) is 2.58. The molecule has 0 aliphatic carbocycles. The van der Waals surface area contributed by atoms with Crippen LogP contribution in [0.3, 0.4) is 0 Å². The maximum absolute atomic E-state index is 5.35. The minimum atomic E-state index is 0.644. The van der Waals surface area contributed by atoms with Crippen LogP contribution in [0, 0.1) is 0 Å². The molecule has 0 bridgehead atoms. The largest absolute Gasteiger partial charge is 0.308 e. The van der Waals surface area contributed by atoms with Crippen molar-refractivity contribution in [2.45, 2.75) is 0 Å². The molecule has 0 aliphatic heterocycles. The quantitative estimate of drug-likeness (QED) is 0.366. The van der Waals surface area contributed by atoms with Crippen molar-refractivity contribution in [2.75, 3.05) is 5.43 Å². The predicted molar refractivity (Wildman–Crippen MR) is 64.9 cm³/mol. The third-order valence-electron chi connectivity index (χ3n) is 2.58. The number of nitrogens with two attached hydrogens (primary N) is 1. The van der Waals surface area contributed by atoms with Gasteiger partial charge in [-0.2, -0.15) is 0 Å². The molecule has 16 heavy (non-hydrogen) atoms. The van der Waals surface area contributed by atoms with Crippen LogP contribution in [0.15, 0.2) is 42.6 Å². The van der Waals surface area contributed by atoms with Crippen LogP contribution in [-0.2, 0) is 0 Å². The minimum absolute atomic E-state index is 0.644. The number of hydrogen-bond donors (Lipinski definition) is 2. The Kier molecular flexibility index (Phi) is 1.94. The number of aromatic nitrogens is 2. The minimum Gasteiger partial charge on any atom is -0.308 e. The van der Waals surface area contributed by atoms with Crippen LogP contribution >= 0.6 is 0 Å². The molecule has 0 saturated carbocycles. The molecule has 3 aromatic rings. The Morgan fingerprint density at radius 2 is 1.69 bits per heavy atom. The Morgan fingerprint density at radius 1 is 0.938 bits per heavy atom. The lowest BCUT2D eigenvalue weighted by molar-refractivity contribution is 1.26. The molecule has 0 unspecified atom stereocenters. The summed E-state index contributed by atoms with van der Waals surface area (Å²) < 4.78 is 0. The van der Waals surface area contributed by atoms with E-state index in [0.717, 1.165) is 21.8 Å². The fourth-order valence-corrected chi connectivity index (χ4v) is 1.80. The first-order valence-electron chi connectivity index (χ1n) is 4.99. The second-order valence-electron chi connectivity index (χ2n) is 3.55. The zero-order chi connectivity index (χ0) is 11.0. The van der Waals surface area contributed by atoms with Crippen LogP contribution in [0.25, 0.3) is 21.8 Å². The molecular formula is C12H10N4. The monoisotopic (exact) mass is 210 g/mol. The molecule has 0 radical (unpaired) electrons. The molecule has 78 valence electrons. The van der Waals surface area contributed by atoms with E-state index >= 15 is 0 Å². The summed E-state index contributed by atoms with van der Waals surface area (Å²) in [6.45, 7) is 0. The van der Waals surface area contributed by atoms with Gasteiger partial charge in [0.05, 0.1) is 11.0 Å². The van der Waals surface area contributed by atoms with Crippen molar-refractivity contribution in [3.63, 3.8) is 0 Å². The Bertz CT molecular complexity index is 663. The average Bonchev–Trinajstić information content (AvgIpc) is 2.38. The number of benzene rings is 1. The van der Waals surface area contributed by atoms with Crippen LogP contribution in [0.4, 0.5) is 5.82 Å². The van der Waals surface area contributed by atoms with Gasteiger partial charge in [-0.3, -0.25) is 4.98 Å². The normalized spacial score (nSPS) is 10.8. The highest BCUT2D eigenvalue weighted by atomic mass is 15.2. The maximum atomic E-state index is 5.35. The van der Waals surface area contributed by atoms with E-state index in [4.69, 9.17) is 5.84 Å². The molecule has 0 fully saturated rings. The number of pyridine rings is 2. The molecule has 2 aromatic heterocycles. The number of nitrogens with zero attached hydrogens (tertiary/aromatic N) is 2. The second-order valence-corrected chi connectivity index (χ2v) is 3.55. The molecule has 0 spiro atoms. The van der Waals surface area contributed by atoms with Gasteiger partial charge in [0, 0.05) is 17.0 Å². The molecule has 0 amide bonds. The Labute approximate surface area is 92.1 Å². The Morgan fingerprint density at radius 3 is 2.50 bits per heavy atom. The van der Waals surface area contributed by atoms with Crippen molar-refractivity contribution < 1.29 is 0 Å². The fourth-order valence-electron chi connectivity index (χ4n) is 1.80. The average molecular weight is 210 g/mol. The van der Waals surface area contributed by atoms with Gasteiger partial charge < -0.3 is 5.43 Å². The third kappa shape index (κ3) is 1.28. The Hall–Kier alpha value is -2.20. The van der Waals surface area contributed by atoms with E-state index in [9.17, 15) is 0 Å². The van der Waals surface area contributed by atoms with Gasteiger partial charge in [0.15, 0.2) is 0 Å². The van der Waals surface area contributed by atoms with Gasteiger partial charge in [-0.05, 0) is 18.2 Å². The summed E-state index contributed by atoms with van der Waals surface area (Å²) >= 11 is 0. The van der Waals surface area contributed by atoms with Crippen LogP contribution in [0.2, 0.25) is 0 Å². The van der Waals surface area contributed by atoms with E-state index in [0.29, 0.717) is 5.82 Å². The summed E-state index contributed by atoms with van der Waals surface area (Å²) in [5.41, 5.74) is 4.31.